The Morgan fingerprint density at radius 2 is 2.50 bits per heavy atom. The van der Waals surface area contributed by atoms with Crippen molar-refractivity contribution in [2.45, 2.75) is 30.2 Å². The SMILES string of the molecule is [B]C1OC2(COC)CCNC1C2ON. The number of hydrogen-bond acceptors (Lipinski definition) is 5. The summed E-state index contributed by atoms with van der Waals surface area (Å²) in [6.45, 7) is 1.31. The minimum absolute atomic E-state index is 0.0381. The Labute approximate surface area is 84.6 Å². The van der Waals surface area contributed by atoms with Crippen molar-refractivity contribution in [3.05, 3.63) is 0 Å². The molecule has 0 spiro atoms. The lowest BCUT2D eigenvalue weighted by atomic mass is 9.83. The highest BCUT2D eigenvalue weighted by Gasteiger charge is 2.56. The second-order valence-corrected chi connectivity index (χ2v) is 3.87. The van der Waals surface area contributed by atoms with Crippen molar-refractivity contribution in [2.24, 2.45) is 5.90 Å². The predicted octanol–water partition coefficient (Wildman–Crippen LogP) is -1.48. The summed E-state index contributed by atoms with van der Waals surface area (Å²) in [5.41, 5.74) is -0.473. The Bertz CT molecular complexity index is 215. The molecule has 5 nitrogen and oxygen atoms in total. The standard InChI is InChI=1S/C8H15BN2O3/c1-12-4-8-2-3-11-5(6(8)14-10)7(9)13-8/h5-7,11H,2-4,10H2,1H3. The maximum Gasteiger partial charge on any atom is 0.127 e. The molecule has 0 aromatic heterocycles. The summed E-state index contributed by atoms with van der Waals surface area (Å²) in [6, 6.07) is -0.412. The minimum atomic E-state index is -0.473. The molecule has 78 valence electrons. The van der Waals surface area contributed by atoms with E-state index < -0.39 is 5.60 Å². The zero-order valence-electron chi connectivity index (χ0n) is 8.23. The summed E-state index contributed by atoms with van der Waals surface area (Å²) in [4.78, 5) is 4.96. The number of nitrogens with one attached hydrogen (secondary N) is 1. The fourth-order valence-electron chi connectivity index (χ4n) is 2.43. The Morgan fingerprint density at radius 1 is 1.71 bits per heavy atom. The Morgan fingerprint density at radius 3 is 3.14 bits per heavy atom. The first kappa shape index (κ1) is 10.4. The number of hydrogen-bond donors (Lipinski definition) is 2. The molecule has 2 aliphatic rings. The van der Waals surface area contributed by atoms with Crippen molar-refractivity contribution >= 4 is 7.85 Å². The van der Waals surface area contributed by atoms with Crippen molar-refractivity contribution in [1.82, 2.24) is 5.32 Å². The quantitative estimate of drug-likeness (QED) is 0.427. The van der Waals surface area contributed by atoms with Crippen LogP contribution in [0.3, 0.4) is 0 Å². The largest absolute Gasteiger partial charge is 0.382 e. The second-order valence-electron chi connectivity index (χ2n) is 3.87. The van der Waals surface area contributed by atoms with E-state index in [9.17, 15) is 0 Å². The summed E-state index contributed by atoms with van der Waals surface area (Å²) in [5.74, 6) is 5.27. The zero-order valence-corrected chi connectivity index (χ0v) is 8.23. The van der Waals surface area contributed by atoms with Crippen LogP contribution in [-0.4, -0.2) is 51.9 Å². The molecule has 2 bridgehead atoms. The van der Waals surface area contributed by atoms with Gasteiger partial charge in [-0.05, 0) is 13.0 Å². The van der Waals surface area contributed by atoms with Crippen LogP contribution in [0.2, 0.25) is 0 Å². The first-order chi connectivity index (χ1) is 6.73. The molecular formula is C8H15BN2O3. The third-order valence-corrected chi connectivity index (χ3v) is 3.03. The molecule has 2 heterocycles. The van der Waals surface area contributed by atoms with Crippen LogP contribution in [-0.2, 0) is 14.3 Å². The van der Waals surface area contributed by atoms with Gasteiger partial charge in [0.2, 0.25) is 0 Å². The van der Waals surface area contributed by atoms with Crippen LogP contribution in [0.4, 0.5) is 0 Å². The van der Waals surface area contributed by atoms with Crippen molar-refractivity contribution in [2.75, 3.05) is 20.3 Å². The van der Waals surface area contributed by atoms with Gasteiger partial charge in [-0.25, -0.2) is 5.90 Å². The smallest absolute Gasteiger partial charge is 0.127 e. The highest BCUT2D eigenvalue weighted by molar-refractivity contribution is 6.11. The minimum Gasteiger partial charge on any atom is -0.382 e. The molecule has 0 aromatic carbocycles. The van der Waals surface area contributed by atoms with Gasteiger partial charge < -0.3 is 14.8 Å². The molecule has 2 saturated heterocycles. The van der Waals surface area contributed by atoms with E-state index in [2.05, 4.69) is 5.32 Å². The third-order valence-electron chi connectivity index (χ3n) is 3.03. The summed E-state index contributed by atoms with van der Waals surface area (Å²) >= 11 is 0. The zero-order chi connectivity index (χ0) is 10.2. The van der Waals surface area contributed by atoms with E-state index in [4.69, 9.17) is 28.1 Å². The van der Waals surface area contributed by atoms with Gasteiger partial charge in [0, 0.05) is 13.1 Å². The molecule has 14 heavy (non-hydrogen) atoms. The highest BCUT2D eigenvalue weighted by atomic mass is 16.7. The molecule has 0 amide bonds. The molecule has 2 rings (SSSR count). The van der Waals surface area contributed by atoms with Gasteiger partial charge in [-0.2, -0.15) is 0 Å². The number of fused-ring (bicyclic) bond motifs is 2. The predicted molar refractivity (Wildman–Crippen MR) is 50.7 cm³/mol. The molecule has 2 fully saturated rings. The number of ether oxygens (including phenoxy) is 2. The molecule has 3 N–H and O–H groups in total. The molecule has 2 aliphatic heterocycles. The Balaban J connectivity index is 2.20. The fourth-order valence-corrected chi connectivity index (χ4v) is 2.43. The second kappa shape index (κ2) is 3.79. The van der Waals surface area contributed by atoms with Crippen LogP contribution in [0.15, 0.2) is 0 Å². The Kier molecular flexibility index (Phi) is 2.81. The first-order valence-corrected chi connectivity index (χ1v) is 4.75. The molecule has 0 aliphatic carbocycles. The lowest BCUT2D eigenvalue weighted by Gasteiger charge is -2.37. The lowest BCUT2D eigenvalue weighted by Crippen LogP contribution is -2.59. The van der Waals surface area contributed by atoms with E-state index in [0.717, 1.165) is 13.0 Å². The van der Waals surface area contributed by atoms with Gasteiger partial charge in [-0.3, -0.25) is 4.84 Å². The number of nitrogens with two attached hydrogens (primary N) is 1. The molecule has 0 aromatic rings. The van der Waals surface area contributed by atoms with Crippen LogP contribution in [0.1, 0.15) is 6.42 Å². The van der Waals surface area contributed by atoms with Crippen LogP contribution < -0.4 is 11.2 Å². The highest BCUT2D eigenvalue weighted by Crippen LogP contribution is 2.37. The average molecular weight is 198 g/mol. The molecule has 6 heteroatoms. The van der Waals surface area contributed by atoms with Gasteiger partial charge in [0.05, 0.1) is 12.6 Å². The number of methoxy groups -OCH3 is 1. The first-order valence-electron chi connectivity index (χ1n) is 4.75. The monoisotopic (exact) mass is 198 g/mol. The van der Waals surface area contributed by atoms with Crippen LogP contribution >= 0.6 is 0 Å². The van der Waals surface area contributed by atoms with Crippen molar-refractivity contribution in [3.8, 4) is 0 Å². The van der Waals surface area contributed by atoms with E-state index in [1.165, 1.54) is 0 Å². The van der Waals surface area contributed by atoms with E-state index >= 15 is 0 Å². The maximum absolute atomic E-state index is 5.83. The van der Waals surface area contributed by atoms with Gasteiger partial charge in [-0.15, -0.1) is 0 Å². The van der Waals surface area contributed by atoms with Gasteiger partial charge in [0.25, 0.3) is 0 Å². The van der Waals surface area contributed by atoms with E-state index in [1.54, 1.807) is 7.11 Å². The summed E-state index contributed by atoms with van der Waals surface area (Å²) in [6.07, 6.45) is 0.568. The van der Waals surface area contributed by atoms with Crippen LogP contribution in [0, 0.1) is 0 Å². The van der Waals surface area contributed by atoms with E-state index in [1.807, 2.05) is 0 Å². The van der Waals surface area contributed by atoms with Crippen LogP contribution in [0.5, 0.6) is 0 Å². The average Bonchev–Trinajstić information content (AvgIpc) is 2.30. The van der Waals surface area contributed by atoms with Crippen molar-refractivity contribution < 1.29 is 14.3 Å². The number of piperidine rings is 1. The van der Waals surface area contributed by atoms with Gasteiger partial charge >= 0.3 is 0 Å². The van der Waals surface area contributed by atoms with Gasteiger partial charge in [0.15, 0.2) is 0 Å². The maximum atomic E-state index is 5.83. The summed E-state index contributed by atoms with van der Waals surface area (Å²) in [5, 5.41) is 3.23. The molecular weight excluding hydrogens is 183 g/mol. The van der Waals surface area contributed by atoms with Gasteiger partial charge in [-0.1, -0.05) is 0 Å². The van der Waals surface area contributed by atoms with Gasteiger partial charge in [0.1, 0.15) is 19.6 Å². The molecule has 4 atom stereocenters. The molecule has 0 saturated carbocycles. The summed E-state index contributed by atoms with van der Waals surface area (Å²) < 4.78 is 10.8. The topological polar surface area (TPSA) is 65.7 Å². The third kappa shape index (κ3) is 1.38. The number of rotatable bonds is 3. The Hall–Kier alpha value is -0.135. The van der Waals surface area contributed by atoms with Crippen LogP contribution in [0.25, 0.3) is 0 Å². The normalized spacial score (nSPS) is 46.9. The van der Waals surface area contributed by atoms with Crippen molar-refractivity contribution in [1.29, 1.82) is 0 Å². The fraction of sp³-hybridized carbons (Fsp3) is 1.00. The molecule has 4 unspecified atom stereocenters. The lowest BCUT2D eigenvalue weighted by molar-refractivity contribution is -0.135. The molecule has 2 radical (unpaired) electrons. The van der Waals surface area contributed by atoms with E-state index in [-0.39, 0.29) is 18.1 Å². The van der Waals surface area contributed by atoms with E-state index in [0.29, 0.717) is 6.61 Å². The summed E-state index contributed by atoms with van der Waals surface area (Å²) in [7, 11) is 7.46. The van der Waals surface area contributed by atoms with Crippen molar-refractivity contribution in [3.63, 3.8) is 0 Å².